The van der Waals surface area contributed by atoms with E-state index in [-0.39, 0.29) is 29.4 Å². The van der Waals surface area contributed by atoms with Gasteiger partial charge in [-0.3, -0.25) is 14.5 Å². The highest BCUT2D eigenvalue weighted by Crippen LogP contribution is 2.66. The predicted molar refractivity (Wildman–Crippen MR) is 158 cm³/mol. The Morgan fingerprint density at radius 2 is 2.05 bits per heavy atom. The van der Waals surface area contributed by atoms with Crippen LogP contribution < -0.4 is 14.2 Å². The van der Waals surface area contributed by atoms with Gasteiger partial charge in [0.1, 0.15) is 11.9 Å². The lowest BCUT2D eigenvalue weighted by atomic mass is 9.50. The Bertz CT molecular complexity index is 1400. The third-order valence-corrected chi connectivity index (χ3v) is 10.3. The van der Waals surface area contributed by atoms with Gasteiger partial charge in [0.05, 0.1) is 25.7 Å². The first-order valence-electron chi connectivity index (χ1n) is 15.6. The van der Waals surface area contributed by atoms with Gasteiger partial charge in [0.15, 0.2) is 11.5 Å². The molecule has 3 aliphatic carbocycles. The molecule has 1 aromatic carbocycles. The summed E-state index contributed by atoms with van der Waals surface area (Å²) in [7, 11) is 1.65. The SMILES string of the molecule is COc1cc(OC(C)=O)c2c3c1O[C@H]1[C@H](N(CC(C)C)C(=O)/C=C/c4ccoc4)CC[C@H]4[C@@H](C2)N(CC2CC2)CC[C@@]341. The summed E-state index contributed by atoms with van der Waals surface area (Å²) in [6.07, 6.45) is 12.9. The first-order valence-corrected chi connectivity index (χ1v) is 15.6. The number of methoxy groups -OCH3 is 1. The molecular formula is C34H42N2O6. The number of esters is 1. The quantitative estimate of drug-likeness (QED) is 0.231. The van der Waals surface area contributed by atoms with Crippen LogP contribution in [0, 0.1) is 17.8 Å². The van der Waals surface area contributed by atoms with Crippen molar-refractivity contribution in [1.82, 2.24) is 9.80 Å². The van der Waals surface area contributed by atoms with Crippen molar-refractivity contribution in [3.05, 3.63) is 47.4 Å². The Hall–Kier alpha value is -3.26. The molecule has 1 amide bonds. The normalized spacial score (nSPS) is 29.4. The maximum absolute atomic E-state index is 13.9. The zero-order valence-corrected chi connectivity index (χ0v) is 25.1. The fourth-order valence-corrected chi connectivity index (χ4v) is 8.63. The van der Waals surface area contributed by atoms with Crippen molar-refractivity contribution >= 4 is 18.0 Å². The number of hydrogen-bond donors (Lipinski definition) is 0. The van der Waals surface area contributed by atoms with Crippen molar-refractivity contribution in [2.45, 2.75) is 82.9 Å². The van der Waals surface area contributed by atoms with Gasteiger partial charge in [-0.1, -0.05) is 13.8 Å². The minimum Gasteiger partial charge on any atom is -0.493 e. The molecule has 0 radical (unpaired) electrons. The first-order chi connectivity index (χ1) is 20.3. The zero-order chi connectivity index (χ0) is 29.2. The van der Waals surface area contributed by atoms with Crippen LogP contribution in [0.5, 0.6) is 17.2 Å². The van der Waals surface area contributed by atoms with Gasteiger partial charge in [-0.15, -0.1) is 0 Å². The van der Waals surface area contributed by atoms with Crippen LogP contribution in [0.3, 0.4) is 0 Å². The summed E-state index contributed by atoms with van der Waals surface area (Å²) in [5.74, 6) is 3.16. The van der Waals surface area contributed by atoms with Crippen molar-refractivity contribution in [2.75, 3.05) is 26.7 Å². The predicted octanol–water partition coefficient (Wildman–Crippen LogP) is 5.23. The molecule has 3 fully saturated rings. The second-order valence-electron chi connectivity index (χ2n) is 13.4. The maximum atomic E-state index is 13.9. The van der Waals surface area contributed by atoms with Crippen LogP contribution in [0.2, 0.25) is 0 Å². The number of nitrogens with zero attached hydrogens (tertiary/aromatic N) is 2. The number of carbonyl (C=O) groups is 2. The lowest BCUT2D eigenvalue weighted by Crippen LogP contribution is -2.69. The van der Waals surface area contributed by atoms with Crippen LogP contribution in [0.25, 0.3) is 6.08 Å². The topological polar surface area (TPSA) is 81.5 Å². The van der Waals surface area contributed by atoms with Crippen molar-refractivity contribution in [3.63, 3.8) is 0 Å². The van der Waals surface area contributed by atoms with Crippen molar-refractivity contribution in [3.8, 4) is 17.2 Å². The van der Waals surface area contributed by atoms with Crippen molar-refractivity contribution in [2.24, 2.45) is 17.8 Å². The number of benzene rings is 1. The summed E-state index contributed by atoms with van der Waals surface area (Å²) in [5.41, 5.74) is 2.87. The molecule has 1 aromatic heterocycles. The minimum absolute atomic E-state index is 0.00405. The third kappa shape index (κ3) is 4.45. The molecule has 2 saturated carbocycles. The molecule has 0 N–H and O–H groups in total. The summed E-state index contributed by atoms with van der Waals surface area (Å²) >= 11 is 0. The first kappa shape index (κ1) is 27.6. The summed E-state index contributed by atoms with van der Waals surface area (Å²) in [6.45, 7) is 8.59. The van der Waals surface area contributed by atoms with E-state index < -0.39 is 0 Å². The molecule has 0 unspecified atom stereocenters. The van der Waals surface area contributed by atoms with Gasteiger partial charge < -0.3 is 23.5 Å². The molecule has 224 valence electrons. The highest BCUT2D eigenvalue weighted by molar-refractivity contribution is 5.92. The molecule has 5 aliphatic rings. The lowest BCUT2D eigenvalue weighted by molar-refractivity contribution is -0.139. The summed E-state index contributed by atoms with van der Waals surface area (Å²) in [6, 6.07) is 3.97. The molecule has 2 aliphatic heterocycles. The number of ether oxygens (including phenoxy) is 3. The second kappa shape index (κ2) is 10.5. The molecule has 3 heterocycles. The smallest absolute Gasteiger partial charge is 0.308 e. The number of carbonyl (C=O) groups excluding carboxylic acids is 2. The van der Waals surface area contributed by atoms with Gasteiger partial charge in [0.2, 0.25) is 5.91 Å². The van der Waals surface area contributed by atoms with Gasteiger partial charge in [-0.2, -0.15) is 0 Å². The standard InChI is InChI=1S/C34H42N2O6/c1-20(2)17-36(30(38)10-7-23-11-14-40-19-23)26-9-8-25-27-15-24-28(41-21(3)37)16-29(39-4)32-31(24)34(25,33(26)42-32)12-13-35(27)18-22-5-6-22/h7,10-11,14,16,19-20,22,25-27,33H,5-6,8-9,12-13,15,17-18H2,1-4H3/b10-7+/t25-,26+,27+,33-,34-/m0/s1. The Balaban J connectivity index is 1.33. The molecule has 1 spiro atoms. The number of hydrogen-bond acceptors (Lipinski definition) is 7. The van der Waals surface area contributed by atoms with Crippen LogP contribution in [-0.4, -0.2) is 66.6 Å². The monoisotopic (exact) mass is 574 g/mol. The molecule has 2 aromatic rings. The van der Waals surface area contributed by atoms with E-state index >= 15 is 0 Å². The van der Waals surface area contributed by atoms with E-state index in [4.69, 9.17) is 18.6 Å². The van der Waals surface area contributed by atoms with Gasteiger partial charge in [-0.05, 0) is 75.0 Å². The molecular weight excluding hydrogens is 532 g/mol. The molecule has 8 heteroatoms. The third-order valence-electron chi connectivity index (χ3n) is 10.3. The van der Waals surface area contributed by atoms with E-state index in [1.807, 2.05) is 18.2 Å². The summed E-state index contributed by atoms with van der Waals surface area (Å²) < 4.78 is 24.0. The van der Waals surface area contributed by atoms with Gasteiger partial charge >= 0.3 is 5.97 Å². The van der Waals surface area contributed by atoms with Gasteiger partial charge in [0.25, 0.3) is 0 Å². The highest BCUT2D eigenvalue weighted by atomic mass is 16.5. The molecule has 5 atom stereocenters. The number of amides is 1. The Morgan fingerprint density at radius 1 is 1.21 bits per heavy atom. The van der Waals surface area contributed by atoms with Crippen LogP contribution >= 0.6 is 0 Å². The van der Waals surface area contributed by atoms with E-state index in [1.54, 1.807) is 25.7 Å². The number of likely N-dealkylation sites (tertiary alicyclic amines) is 1. The Morgan fingerprint density at radius 3 is 2.74 bits per heavy atom. The summed E-state index contributed by atoms with van der Waals surface area (Å²) in [4.78, 5) is 30.9. The van der Waals surface area contributed by atoms with Gasteiger partial charge in [-0.25, -0.2) is 0 Å². The highest BCUT2D eigenvalue weighted by Gasteiger charge is 2.67. The van der Waals surface area contributed by atoms with Crippen LogP contribution in [0.4, 0.5) is 0 Å². The Kier molecular flexibility index (Phi) is 6.87. The van der Waals surface area contributed by atoms with Gasteiger partial charge in [0, 0.05) is 60.3 Å². The van der Waals surface area contributed by atoms with E-state index in [0.29, 0.717) is 35.9 Å². The molecule has 1 saturated heterocycles. The Labute approximate surface area is 248 Å². The molecule has 8 nitrogen and oxygen atoms in total. The minimum atomic E-state index is -0.331. The maximum Gasteiger partial charge on any atom is 0.308 e. The van der Waals surface area contributed by atoms with Crippen LogP contribution in [0.15, 0.2) is 35.2 Å². The van der Waals surface area contributed by atoms with E-state index in [9.17, 15) is 9.59 Å². The average Bonchev–Trinajstić information content (AvgIpc) is 3.49. The fourth-order valence-electron chi connectivity index (χ4n) is 8.63. The lowest BCUT2D eigenvalue weighted by Gasteiger charge is -2.60. The fraction of sp³-hybridized carbons (Fsp3) is 0.588. The average molecular weight is 575 g/mol. The zero-order valence-electron chi connectivity index (χ0n) is 25.1. The van der Waals surface area contributed by atoms with Crippen molar-refractivity contribution < 1.29 is 28.2 Å². The van der Waals surface area contributed by atoms with Crippen LogP contribution in [-0.2, 0) is 21.4 Å². The largest absolute Gasteiger partial charge is 0.493 e. The number of piperidine rings is 1. The van der Waals surface area contributed by atoms with E-state index in [2.05, 4.69) is 23.6 Å². The number of rotatable bonds is 9. The molecule has 42 heavy (non-hydrogen) atoms. The number of furan rings is 1. The van der Waals surface area contributed by atoms with Crippen LogP contribution in [0.1, 0.15) is 69.6 Å². The second-order valence-corrected chi connectivity index (χ2v) is 13.4. The molecule has 7 rings (SSSR count). The molecule has 2 bridgehead atoms. The van der Waals surface area contributed by atoms with Crippen molar-refractivity contribution in [1.29, 1.82) is 0 Å². The van der Waals surface area contributed by atoms with E-state index in [1.165, 1.54) is 25.3 Å². The van der Waals surface area contributed by atoms with E-state index in [0.717, 1.165) is 61.6 Å². The summed E-state index contributed by atoms with van der Waals surface area (Å²) in [5, 5.41) is 0.